The van der Waals surface area contributed by atoms with Crippen molar-refractivity contribution in [1.82, 2.24) is 15.5 Å². The van der Waals surface area contributed by atoms with Crippen LogP contribution in [0.4, 0.5) is 4.79 Å². The Morgan fingerprint density at radius 1 is 1.19 bits per heavy atom. The van der Waals surface area contributed by atoms with Crippen molar-refractivity contribution in [3.05, 3.63) is 42.0 Å². The fourth-order valence-corrected chi connectivity index (χ4v) is 4.84. The maximum Gasteiger partial charge on any atom is 0.408 e. The molecule has 0 spiro atoms. The number of unbranched alkanes of at least 4 members (excludes halogenated alkanes) is 2. The minimum atomic E-state index is -0.938. The molecular formula is C29H45N3O4S. The predicted molar refractivity (Wildman–Crippen MR) is 153 cm³/mol. The van der Waals surface area contributed by atoms with Gasteiger partial charge in [-0.1, -0.05) is 69.9 Å². The van der Waals surface area contributed by atoms with Gasteiger partial charge in [0.1, 0.15) is 17.7 Å². The van der Waals surface area contributed by atoms with Crippen LogP contribution < -0.4 is 10.6 Å². The van der Waals surface area contributed by atoms with Gasteiger partial charge in [0.05, 0.1) is 0 Å². The summed E-state index contributed by atoms with van der Waals surface area (Å²) in [6.45, 7) is 11.6. The first-order valence-corrected chi connectivity index (χ1v) is 14.2. The Morgan fingerprint density at radius 2 is 1.89 bits per heavy atom. The third-order valence-electron chi connectivity index (χ3n) is 6.43. The van der Waals surface area contributed by atoms with Gasteiger partial charge < -0.3 is 20.3 Å². The maximum atomic E-state index is 13.9. The number of hydrogen-bond acceptors (Lipinski definition) is 5. The van der Waals surface area contributed by atoms with E-state index in [0.717, 1.165) is 50.5 Å². The largest absolute Gasteiger partial charge is 0.444 e. The van der Waals surface area contributed by atoms with Gasteiger partial charge in [-0.3, -0.25) is 9.59 Å². The van der Waals surface area contributed by atoms with Gasteiger partial charge in [0, 0.05) is 18.3 Å². The molecule has 1 fully saturated rings. The number of amides is 3. The van der Waals surface area contributed by atoms with Gasteiger partial charge in [0.2, 0.25) is 11.8 Å². The number of carbonyl (C=O) groups excluding carboxylic acids is 3. The molecule has 1 aromatic rings. The molecule has 1 aliphatic rings. The topological polar surface area (TPSA) is 87.7 Å². The highest BCUT2D eigenvalue weighted by molar-refractivity contribution is 7.80. The molecular weight excluding hydrogens is 486 g/mol. The molecule has 8 heteroatoms. The third kappa shape index (κ3) is 10.1. The van der Waals surface area contributed by atoms with Gasteiger partial charge in [-0.05, 0) is 57.2 Å². The summed E-state index contributed by atoms with van der Waals surface area (Å²) in [5.41, 5.74) is 0.875. The quantitative estimate of drug-likeness (QED) is 0.240. The molecule has 206 valence electrons. The van der Waals surface area contributed by atoms with E-state index in [1.807, 2.05) is 24.3 Å². The van der Waals surface area contributed by atoms with Gasteiger partial charge in [0.15, 0.2) is 0 Å². The second kappa shape index (κ2) is 15.1. The molecule has 7 nitrogen and oxygen atoms in total. The SMILES string of the molecule is C=Cc1cccc(C(C(=O)NC2CCCCC2)N(CCCCC)C(=O)C(CS)NC(=O)OC(C)(C)C)c1. The van der Waals surface area contributed by atoms with Gasteiger partial charge in [-0.2, -0.15) is 12.6 Å². The van der Waals surface area contributed by atoms with Crippen LogP contribution in [0.2, 0.25) is 0 Å². The number of hydrogen-bond donors (Lipinski definition) is 3. The van der Waals surface area contributed by atoms with E-state index >= 15 is 0 Å². The second-order valence-electron chi connectivity index (χ2n) is 10.7. The normalized spacial score (nSPS) is 15.8. The molecule has 2 N–H and O–H groups in total. The van der Waals surface area contributed by atoms with Crippen molar-refractivity contribution >= 4 is 36.6 Å². The fraction of sp³-hybridized carbons (Fsp3) is 0.621. The highest BCUT2D eigenvalue weighted by Gasteiger charge is 2.36. The van der Waals surface area contributed by atoms with Crippen molar-refractivity contribution < 1.29 is 19.1 Å². The number of nitrogens with one attached hydrogen (secondary N) is 2. The van der Waals surface area contributed by atoms with E-state index in [0.29, 0.717) is 12.1 Å². The molecule has 2 rings (SSSR count). The summed E-state index contributed by atoms with van der Waals surface area (Å²) in [6.07, 6.45) is 8.89. The lowest BCUT2D eigenvalue weighted by molar-refractivity contribution is -0.142. The highest BCUT2D eigenvalue weighted by atomic mass is 32.1. The number of rotatable bonds is 12. The second-order valence-corrected chi connectivity index (χ2v) is 11.1. The molecule has 0 aromatic heterocycles. The Morgan fingerprint density at radius 3 is 2.49 bits per heavy atom. The van der Waals surface area contributed by atoms with E-state index in [1.54, 1.807) is 31.7 Å². The van der Waals surface area contributed by atoms with Gasteiger partial charge >= 0.3 is 6.09 Å². The van der Waals surface area contributed by atoms with E-state index in [9.17, 15) is 14.4 Å². The summed E-state index contributed by atoms with van der Waals surface area (Å²) in [5.74, 6) is -0.482. The molecule has 2 atom stereocenters. The zero-order valence-corrected chi connectivity index (χ0v) is 23.8. The fourth-order valence-electron chi connectivity index (χ4n) is 4.59. The first-order chi connectivity index (χ1) is 17.6. The van der Waals surface area contributed by atoms with Crippen molar-refractivity contribution in [3.8, 4) is 0 Å². The van der Waals surface area contributed by atoms with Crippen LogP contribution >= 0.6 is 12.6 Å². The van der Waals surface area contributed by atoms with Crippen molar-refractivity contribution in [1.29, 1.82) is 0 Å². The zero-order chi connectivity index (χ0) is 27.4. The minimum Gasteiger partial charge on any atom is -0.444 e. The molecule has 0 bridgehead atoms. The number of benzene rings is 1. The first kappa shape index (κ1) is 30.7. The van der Waals surface area contributed by atoms with Crippen LogP contribution in [0.3, 0.4) is 0 Å². The standard InChI is InChI=1S/C29H45N3O4S/c1-6-8-12-18-32(27(34)24(20-37)31-28(35)36-29(3,4)5)25(22-15-13-14-21(7-2)19-22)26(33)30-23-16-10-9-11-17-23/h7,13-15,19,23-25,37H,2,6,8-12,16-18,20H2,1,3-5H3,(H,30,33)(H,31,35). The summed E-state index contributed by atoms with van der Waals surface area (Å²) in [4.78, 5) is 41.9. The van der Waals surface area contributed by atoms with E-state index in [2.05, 4.69) is 36.8 Å². The number of alkyl carbamates (subject to hydrolysis) is 1. The smallest absolute Gasteiger partial charge is 0.408 e. The third-order valence-corrected chi connectivity index (χ3v) is 6.80. The van der Waals surface area contributed by atoms with E-state index < -0.39 is 23.8 Å². The van der Waals surface area contributed by atoms with Crippen molar-refractivity contribution in [2.24, 2.45) is 0 Å². The van der Waals surface area contributed by atoms with Crippen LogP contribution in [0.25, 0.3) is 6.08 Å². The number of carbonyl (C=O) groups is 3. The Balaban J connectivity index is 2.43. The van der Waals surface area contributed by atoms with Gasteiger partial charge in [-0.25, -0.2) is 4.79 Å². The molecule has 37 heavy (non-hydrogen) atoms. The molecule has 0 aliphatic heterocycles. The molecule has 2 unspecified atom stereocenters. The van der Waals surface area contributed by atoms with Crippen LogP contribution in [-0.4, -0.2) is 52.8 Å². The minimum absolute atomic E-state index is 0.0754. The van der Waals surface area contributed by atoms with Crippen LogP contribution in [0, 0.1) is 0 Å². The summed E-state index contributed by atoms with van der Waals surface area (Å²) in [5, 5.41) is 5.89. The van der Waals surface area contributed by atoms with Crippen LogP contribution in [-0.2, 0) is 14.3 Å². The van der Waals surface area contributed by atoms with Crippen molar-refractivity contribution in [3.63, 3.8) is 0 Å². The number of thiol groups is 1. The van der Waals surface area contributed by atoms with Crippen LogP contribution in [0.1, 0.15) is 96.2 Å². The average molecular weight is 532 g/mol. The van der Waals surface area contributed by atoms with Crippen LogP contribution in [0.5, 0.6) is 0 Å². The van der Waals surface area contributed by atoms with E-state index in [-0.39, 0.29) is 23.6 Å². The molecule has 0 radical (unpaired) electrons. The summed E-state index contributed by atoms with van der Waals surface area (Å²) >= 11 is 4.36. The average Bonchev–Trinajstić information content (AvgIpc) is 2.86. The Labute approximate surface area is 228 Å². The van der Waals surface area contributed by atoms with Gasteiger partial charge in [0.25, 0.3) is 0 Å². The molecule has 0 saturated heterocycles. The molecule has 1 aliphatic carbocycles. The predicted octanol–water partition coefficient (Wildman–Crippen LogP) is 5.66. The maximum absolute atomic E-state index is 13.9. The molecule has 1 aromatic carbocycles. The Kier molecular flexibility index (Phi) is 12.5. The van der Waals surface area contributed by atoms with E-state index in [4.69, 9.17) is 4.74 Å². The molecule has 0 heterocycles. The summed E-state index contributed by atoms with van der Waals surface area (Å²) in [7, 11) is 0. The van der Waals surface area contributed by atoms with Gasteiger partial charge in [-0.15, -0.1) is 0 Å². The summed E-state index contributed by atoms with van der Waals surface area (Å²) < 4.78 is 5.38. The lowest BCUT2D eigenvalue weighted by atomic mass is 9.94. The van der Waals surface area contributed by atoms with Crippen LogP contribution in [0.15, 0.2) is 30.8 Å². The molecule has 1 saturated carbocycles. The Hall–Kier alpha value is -2.48. The number of ether oxygens (including phenoxy) is 1. The lowest BCUT2D eigenvalue weighted by Gasteiger charge is -2.35. The van der Waals surface area contributed by atoms with E-state index in [1.165, 1.54) is 6.42 Å². The van der Waals surface area contributed by atoms with Crippen molar-refractivity contribution in [2.45, 2.75) is 103 Å². The first-order valence-electron chi connectivity index (χ1n) is 13.5. The summed E-state index contributed by atoms with van der Waals surface area (Å²) in [6, 6.07) is 5.87. The molecule has 3 amide bonds. The monoisotopic (exact) mass is 531 g/mol. The Bertz CT molecular complexity index is 909. The highest BCUT2D eigenvalue weighted by Crippen LogP contribution is 2.26. The van der Waals surface area contributed by atoms with Crippen molar-refractivity contribution in [2.75, 3.05) is 12.3 Å². The number of nitrogens with zero attached hydrogens (tertiary/aromatic N) is 1. The lowest BCUT2D eigenvalue weighted by Crippen LogP contribution is -2.54. The zero-order valence-electron chi connectivity index (χ0n) is 22.9.